The summed E-state index contributed by atoms with van der Waals surface area (Å²) in [5.74, 6) is -1.40. The van der Waals surface area contributed by atoms with E-state index in [1.165, 1.54) is 6.20 Å². The molecule has 0 atom stereocenters. The van der Waals surface area contributed by atoms with Crippen molar-refractivity contribution in [1.29, 1.82) is 0 Å². The molecule has 1 aromatic carbocycles. The first-order valence-electron chi connectivity index (χ1n) is 7.82. The molecular formula is C16H17N5O4. The third kappa shape index (κ3) is 4.00. The molecule has 130 valence electrons. The van der Waals surface area contributed by atoms with Crippen LogP contribution < -0.4 is 10.2 Å². The van der Waals surface area contributed by atoms with Gasteiger partial charge in [-0.2, -0.15) is 0 Å². The fourth-order valence-corrected chi connectivity index (χ4v) is 2.63. The van der Waals surface area contributed by atoms with Gasteiger partial charge in [0.05, 0.1) is 6.20 Å². The molecule has 9 nitrogen and oxygen atoms in total. The Balaban J connectivity index is 1.56. The highest BCUT2D eigenvalue weighted by atomic mass is 16.4. The van der Waals surface area contributed by atoms with Gasteiger partial charge in [-0.1, -0.05) is 17.3 Å². The Labute approximate surface area is 143 Å². The number of carboxylic acid groups (broad SMARTS) is 1. The van der Waals surface area contributed by atoms with Crippen LogP contribution in [0.25, 0.3) is 0 Å². The Morgan fingerprint density at radius 1 is 1.32 bits per heavy atom. The van der Waals surface area contributed by atoms with Crippen LogP contribution in [-0.4, -0.2) is 44.4 Å². The Kier molecular flexibility index (Phi) is 4.73. The number of aromatic carboxylic acids is 1. The van der Waals surface area contributed by atoms with Gasteiger partial charge in [0.2, 0.25) is 11.8 Å². The van der Waals surface area contributed by atoms with Crippen LogP contribution in [0.1, 0.15) is 28.9 Å². The zero-order chi connectivity index (χ0) is 17.8. The minimum Gasteiger partial charge on any atom is -0.476 e. The van der Waals surface area contributed by atoms with E-state index in [0.29, 0.717) is 19.5 Å². The van der Waals surface area contributed by atoms with Crippen LogP contribution in [0.4, 0.5) is 5.69 Å². The third-order valence-corrected chi connectivity index (χ3v) is 3.85. The lowest BCUT2D eigenvalue weighted by Gasteiger charge is -2.16. The second kappa shape index (κ2) is 7.12. The molecule has 0 spiro atoms. The second-order valence-electron chi connectivity index (χ2n) is 5.70. The van der Waals surface area contributed by atoms with Crippen LogP contribution in [0.2, 0.25) is 0 Å². The number of anilines is 1. The summed E-state index contributed by atoms with van der Waals surface area (Å²) in [5, 5.41) is 18.5. The maximum atomic E-state index is 11.9. The molecule has 2 amide bonds. The highest BCUT2D eigenvalue weighted by Gasteiger charge is 2.21. The molecule has 0 unspecified atom stereocenters. The summed E-state index contributed by atoms with van der Waals surface area (Å²) in [6.07, 6.45) is 2.62. The third-order valence-electron chi connectivity index (χ3n) is 3.85. The van der Waals surface area contributed by atoms with E-state index in [9.17, 15) is 14.4 Å². The first-order chi connectivity index (χ1) is 12.0. The minimum absolute atomic E-state index is 0.113. The van der Waals surface area contributed by atoms with Crippen molar-refractivity contribution in [3.05, 3.63) is 41.7 Å². The molecule has 2 aromatic rings. The minimum atomic E-state index is -1.19. The number of hydrogen-bond donors (Lipinski definition) is 2. The molecule has 0 aliphatic carbocycles. The number of aromatic nitrogens is 3. The van der Waals surface area contributed by atoms with Gasteiger partial charge in [-0.3, -0.25) is 9.59 Å². The van der Waals surface area contributed by atoms with Gasteiger partial charge in [0, 0.05) is 25.2 Å². The van der Waals surface area contributed by atoms with Crippen molar-refractivity contribution < 1.29 is 19.5 Å². The van der Waals surface area contributed by atoms with Crippen LogP contribution >= 0.6 is 0 Å². The molecule has 0 saturated carbocycles. The molecule has 1 aromatic heterocycles. The molecular weight excluding hydrogens is 326 g/mol. The average Bonchev–Trinajstić information content (AvgIpc) is 3.22. The summed E-state index contributed by atoms with van der Waals surface area (Å²) < 4.78 is 1.16. The Hall–Kier alpha value is -3.23. The molecule has 0 bridgehead atoms. The number of rotatable bonds is 6. The first kappa shape index (κ1) is 16.6. The van der Waals surface area contributed by atoms with E-state index in [1.54, 1.807) is 4.90 Å². The molecule has 9 heteroatoms. The van der Waals surface area contributed by atoms with Gasteiger partial charge in [0.1, 0.15) is 6.54 Å². The van der Waals surface area contributed by atoms with E-state index in [4.69, 9.17) is 5.11 Å². The summed E-state index contributed by atoms with van der Waals surface area (Å²) in [4.78, 5) is 36.2. The molecule has 1 fully saturated rings. The maximum absolute atomic E-state index is 11.9. The molecule has 0 radical (unpaired) electrons. The van der Waals surface area contributed by atoms with Gasteiger partial charge >= 0.3 is 5.97 Å². The highest BCUT2D eigenvalue weighted by Crippen LogP contribution is 2.22. The molecule has 3 rings (SSSR count). The number of carbonyl (C=O) groups excluding carboxylic acids is 2. The Morgan fingerprint density at radius 2 is 2.16 bits per heavy atom. The monoisotopic (exact) mass is 343 g/mol. The summed E-state index contributed by atoms with van der Waals surface area (Å²) >= 11 is 0. The number of amides is 2. The van der Waals surface area contributed by atoms with Crippen molar-refractivity contribution >= 4 is 23.5 Å². The van der Waals surface area contributed by atoms with Gasteiger partial charge in [-0.05, 0) is 24.1 Å². The lowest BCUT2D eigenvalue weighted by atomic mass is 10.2. The molecule has 1 aliphatic rings. The zero-order valence-electron chi connectivity index (χ0n) is 13.4. The summed E-state index contributed by atoms with van der Waals surface area (Å²) in [5.41, 5.74) is 1.49. The number of carbonyl (C=O) groups is 3. The van der Waals surface area contributed by atoms with Crippen molar-refractivity contribution in [2.24, 2.45) is 0 Å². The van der Waals surface area contributed by atoms with E-state index >= 15 is 0 Å². The van der Waals surface area contributed by atoms with Crippen LogP contribution in [0.15, 0.2) is 30.5 Å². The number of benzene rings is 1. The highest BCUT2D eigenvalue weighted by molar-refractivity contribution is 5.95. The van der Waals surface area contributed by atoms with Crippen LogP contribution in [0.5, 0.6) is 0 Å². The van der Waals surface area contributed by atoms with Gasteiger partial charge < -0.3 is 15.3 Å². The lowest BCUT2D eigenvalue weighted by molar-refractivity contribution is -0.122. The van der Waals surface area contributed by atoms with Crippen molar-refractivity contribution in [2.45, 2.75) is 25.9 Å². The number of carboxylic acids is 1. The number of hydrogen-bond acceptors (Lipinski definition) is 5. The van der Waals surface area contributed by atoms with E-state index < -0.39 is 5.97 Å². The standard InChI is InChI=1S/C16H17N5O4/c22-14(10-20-9-13(16(24)25)18-19-20)17-8-11-3-1-4-12(7-11)21-6-2-5-15(21)23/h1,3-4,7,9H,2,5-6,8,10H2,(H,17,22)(H,24,25). The Bertz CT molecular complexity index is 816. The normalized spacial score (nSPS) is 13.9. The SMILES string of the molecule is O=C(Cn1cc(C(=O)O)nn1)NCc1cccc(N2CCCC2=O)c1. The summed E-state index contributed by atoms with van der Waals surface area (Å²) in [6.45, 7) is 0.895. The predicted octanol–water partition coefficient (Wildman–Crippen LogP) is 0.420. The lowest BCUT2D eigenvalue weighted by Crippen LogP contribution is -2.28. The average molecular weight is 343 g/mol. The molecule has 2 heterocycles. The smallest absolute Gasteiger partial charge is 0.358 e. The van der Waals surface area contributed by atoms with Gasteiger partial charge in [0.15, 0.2) is 5.69 Å². The van der Waals surface area contributed by atoms with Crippen molar-refractivity contribution in [3.8, 4) is 0 Å². The molecule has 1 aliphatic heterocycles. The summed E-state index contributed by atoms with van der Waals surface area (Å²) in [6, 6.07) is 7.46. The van der Waals surface area contributed by atoms with E-state index in [0.717, 1.165) is 22.4 Å². The molecule has 2 N–H and O–H groups in total. The quantitative estimate of drug-likeness (QED) is 0.785. The fraction of sp³-hybridized carbons (Fsp3) is 0.312. The van der Waals surface area contributed by atoms with E-state index in [-0.39, 0.29) is 24.1 Å². The van der Waals surface area contributed by atoms with E-state index in [2.05, 4.69) is 15.6 Å². The van der Waals surface area contributed by atoms with Gasteiger partial charge in [-0.15, -0.1) is 5.10 Å². The number of nitrogens with one attached hydrogen (secondary N) is 1. The zero-order valence-corrected chi connectivity index (χ0v) is 13.4. The molecule has 25 heavy (non-hydrogen) atoms. The second-order valence-corrected chi connectivity index (χ2v) is 5.70. The van der Waals surface area contributed by atoms with Crippen LogP contribution in [-0.2, 0) is 22.7 Å². The predicted molar refractivity (Wildman–Crippen MR) is 86.9 cm³/mol. The van der Waals surface area contributed by atoms with Crippen molar-refractivity contribution in [2.75, 3.05) is 11.4 Å². The largest absolute Gasteiger partial charge is 0.476 e. The van der Waals surface area contributed by atoms with Crippen LogP contribution in [0, 0.1) is 0 Å². The number of nitrogens with zero attached hydrogens (tertiary/aromatic N) is 4. The van der Waals surface area contributed by atoms with Gasteiger partial charge in [0.25, 0.3) is 0 Å². The summed E-state index contributed by atoms with van der Waals surface area (Å²) in [7, 11) is 0. The van der Waals surface area contributed by atoms with E-state index in [1.807, 2.05) is 24.3 Å². The van der Waals surface area contributed by atoms with Gasteiger partial charge in [-0.25, -0.2) is 9.48 Å². The topological polar surface area (TPSA) is 117 Å². The Morgan fingerprint density at radius 3 is 2.84 bits per heavy atom. The molecule has 1 saturated heterocycles. The fourth-order valence-electron chi connectivity index (χ4n) is 2.63. The van der Waals surface area contributed by atoms with Crippen molar-refractivity contribution in [3.63, 3.8) is 0 Å². The van der Waals surface area contributed by atoms with Crippen molar-refractivity contribution in [1.82, 2.24) is 20.3 Å². The maximum Gasteiger partial charge on any atom is 0.358 e. The first-order valence-corrected chi connectivity index (χ1v) is 7.82. The van der Waals surface area contributed by atoms with Crippen LogP contribution in [0.3, 0.4) is 0 Å².